The van der Waals surface area contributed by atoms with Crippen LogP contribution in [0.1, 0.15) is 32.3 Å². The quantitative estimate of drug-likeness (QED) is 0.781. The zero-order valence-corrected chi connectivity index (χ0v) is 11.9. The third-order valence-corrected chi connectivity index (χ3v) is 4.42. The van der Waals surface area contributed by atoms with Crippen LogP contribution in [0.4, 0.5) is 5.69 Å². The molecule has 1 atom stereocenters. The molecule has 0 aliphatic heterocycles. The van der Waals surface area contributed by atoms with Gasteiger partial charge in [-0.05, 0) is 42.6 Å². The van der Waals surface area contributed by atoms with Crippen LogP contribution in [0.15, 0.2) is 23.1 Å². The third kappa shape index (κ3) is 3.20. The summed E-state index contributed by atoms with van der Waals surface area (Å²) in [5, 5.41) is 12.8. The van der Waals surface area contributed by atoms with Crippen molar-refractivity contribution >= 4 is 17.4 Å². The smallest absolute Gasteiger partial charge is 0.102 e. The maximum atomic E-state index is 9.31. The van der Waals surface area contributed by atoms with Crippen molar-refractivity contribution in [3.63, 3.8) is 0 Å². The van der Waals surface area contributed by atoms with Crippen molar-refractivity contribution in [1.82, 2.24) is 0 Å². The highest BCUT2D eigenvalue weighted by Crippen LogP contribution is 2.37. The van der Waals surface area contributed by atoms with Gasteiger partial charge in [0.25, 0.3) is 0 Å². The van der Waals surface area contributed by atoms with Gasteiger partial charge in [0.15, 0.2) is 0 Å². The predicted molar refractivity (Wildman–Crippen MR) is 77.9 cm³/mol. The zero-order valence-electron chi connectivity index (χ0n) is 11.1. The van der Waals surface area contributed by atoms with Crippen molar-refractivity contribution in [2.24, 2.45) is 11.8 Å². The van der Waals surface area contributed by atoms with Crippen molar-refractivity contribution in [2.45, 2.75) is 31.6 Å². The highest BCUT2D eigenvalue weighted by Gasteiger charge is 2.27. The zero-order chi connectivity index (χ0) is 13.0. The number of anilines is 1. The van der Waals surface area contributed by atoms with Gasteiger partial charge in [0.1, 0.15) is 6.07 Å². The van der Waals surface area contributed by atoms with Crippen LogP contribution in [0.25, 0.3) is 0 Å². The second kappa shape index (κ2) is 6.15. The summed E-state index contributed by atoms with van der Waals surface area (Å²) in [5.74, 6) is 2.60. The fourth-order valence-corrected chi connectivity index (χ4v) is 2.96. The molecule has 1 fully saturated rings. The molecule has 0 amide bonds. The molecule has 0 spiro atoms. The lowest BCUT2D eigenvalue weighted by molar-refractivity contribution is 0.536. The highest BCUT2D eigenvalue weighted by molar-refractivity contribution is 7.99. The first-order valence-electron chi connectivity index (χ1n) is 6.66. The van der Waals surface area contributed by atoms with E-state index in [1.807, 2.05) is 18.2 Å². The summed E-state index contributed by atoms with van der Waals surface area (Å²) in [7, 11) is 0. The van der Waals surface area contributed by atoms with Crippen LogP contribution >= 0.6 is 11.8 Å². The van der Waals surface area contributed by atoms with Crippen LogP contribution in [0, 0.1) is 23.2 Å². The van der Waals surface area contributed by atoms with Gasteiger partial charge in [0.2, 0.25) is 0 Å². The Morgan fingerprint density at radius 2 is 2.28 bits per heavy atom. The van der Waals surface area contributed by atoms with Gasteiger partial charge in [-0.25, -0.2) is 0 Å². The van der Waals surface area contributed by atoms with Gasteiger partial charge >= 0.3 is 0 Å². The van der Waals surface area contributed by atoms with E-state index in [2.05, 4.69) is 25.2 Å². The maximum absolute atomic E-state index is 9.31. The maximum Gasteiger partial charge on any atom is 0.102 e. The van der Waals surface area contributed by atoms with Crippen LogP contribution in [-0.2, 0) is 0 Å². The van der Waals surface area contributed by atoms with E-state index in [9.17, 15) is 5.26 Å². The van der Waals surface area contributed by atoms with E-state index >= 15 is 0 Å². The topological polar surface area (TPSA) is 35.8 Å². The first-order chi connectivity index (χ1) is 8.76. The summed E-state index contributed by atoms with van der Waals surface area (Å²) in [4.78, 5) is 1.09. The molecule has 2 rings (SSSR count). The van der Waals surface area contributed by atoms with Crippen LogP contribution in [0.2, 0.25) is 0 Å². The van der Waals surface area contributed by atoms with Crippen LogP contribution < -0.4 is 5.32 Å². The molecule has 1 aromatic rings. The van der Waals surface area contributed by atoms with E-state index in [0.717, 1.165) is 34.4 Å². The Morgan fingerprint density at radius 3 is 2.89 bits per heavy atom. The molecule has 1 aliphatic rings. The van der Waals surface area contributed by atoms with Gasteiger partial charge in [-0.1, -0.05) is 19.9 Å². The van der Waals surface area contributed by atoms with Gasteiger partial charge in [0, 0.05) is 11.4 Å². The highest BCUT2D eigenvalue weighted by atomic mass is 32.2. The Balaban J connectivity index is 2.06. The number of thioether (sulfide) groups is 1. The first-order valence-corrected chi connectivity index (χ1v) is 7.64. The third-order valence-electron chi connectivity index (χ3n) is 3.48. The number of rotatable bonds is 6. The molecular formula is C15H20N2S. The Hall–Kier alpha value is -1.14. The van der Waals surface area contributed by atoms with Crippen molar-refractivity contribution < 1.29 is 0 Å². The molecule has 0 bridgehead atoms. The Kier molecular flexibility index (Phi) is 4.54. The summed E-state index contributed by atoms with van der Waals surface area (Å²) < 4.78 is 0. The number of hydrogen-bond donors (Lipinski definition) is 1. The lowest BCUT2D eigenvalue weighted by Crippen LogP contribution is -2.13. The molecule has 1 unspecified atom stereocenters. The lowest BCUT2D eigenvalue weighted by atomic mass is 10.1. The monoisotopic (exact) mass is 260 g/mol. The molecule has 0 saturated heterocycles. The number of nitrogens with zero attached hydrogens (tertiary/aromatic N) is 1. The van der Waals surface area contributed by atoms with Gasteiger partial charge in [-0.15, -0.1) is 11.8 Å². The normalized spacial score (nSPS) is 16.1. The molecule has 0 radical (unpaired) electrons. The van der Waals surface area contributed by atoms with Gasteiger partial charge in [0.05, 0.1) is 11.3 Å². The Morgan fingerprint density at radius 1 is 1.50 bits per heavy atom. The number of hydrogen-bond acceptors (Lipinski definition) is 3. The average Bonchev–Trinajstić information content (AvgIpc) is 3.20. The minimum atomic E-state index is 0.707. The summed E-state index contributed by atoms with van der Waals surface area (Å²) >= 11 is 1.73. The SMILES string of the molecule is CCSc1cccc(NCC(C)C2CC2)c1C#N. The van der Waals surface area contributed by atoms with E-state index in [4.69, 9.17) is 0 Å². The molecule has 96 valence electrons. The minimum absolute atomic E-state index is 0.707. The molecule has 1 aromatic carbocycles. The summed E-state index contributed by atoms with van der Waals surface area (Å²) in [6.07, 6.45) is 2.75. The molecule has 1 N–H and O–H groups in total. The van der Waals surface area contributed by atoms with Gasteiger partial charge in [-0.3, -0.25) is 0 Å². The van der Waals surface area contributed by atoms with E-state index in [1.54, 1.807) is 11.8 Å². The van der Waals surface area contributed by atoms with Crippen molar-refractivity contribution in [1.29, 1.82) is 5.26 Å². The second-order valence-corrected chi connectivity index (χ2v) is 6.22. The van der Waals surface area contributed by atoms with Crippen molar-refractivity contribution in [2.75, 3.05) is 17.6 Å². The van der Waals surface area contributed by atoms with Crippen LogP contribution in [-0.4, -0.2) is 12.3 Å². The molecule has 1 saturated carbocycles. The van der Waals surface area contributed by atoms with Crippen LogP contribution in [0.3, 0.4) is 0 Å². The van der Waals surface area contributed by atoms with E-state index in [0.29, 0.717) is 5.92 Å². The van der Waals surface area contributed by atoms with Gasteiger partial charge < -0.3 is 5.32 Å². The van der Waals surface area contributed by atoms with Crippen molar-refractivity contribution in [3.8, 4) is 6.07 Å². The average molecular weight is 260 g/mol. The molecule has 0 heterocycles. The van der Waals surface area contributed by atoms with Crippen LogP contribution in [0.5, 0.6) is 0 Å². The van der Waals surface area contributed by atoms with E-state index in [-0.39, 0.29) is 0 Å². The summed E-state index contributed by atoms with van der Waals surface area (Å²) in [6, 6.07) is 8.41. The standard InChI is InChI=1S/C15H20N2S/c1-3-18-15-6-4-5-14(13(15)9-16)17-10-11(2)12-7-8-12/h4-6,11-12,17H,3,7-8,10H2,1-2H3. The lowest BCUT2D eigenvalue weighted by Gasteiger charge is -2.15. The molecule has 0 aromatic heterocycles. The minimum Gasteiger partial charge on any atom is -0.384 e. The van der Waals surface area contributed by atoms with Crippen molar-refractivity contribution in [3.05, 3.63) is 23.8 Å². The molecule has 2 nitrogen and oxygen atoms in total. The van der Waals surface area contributed by atoms with Gasteiger partial charge in [-0.2, -0.15) is 5.26 Å². The van der Waals surface area contributed by atoms with E-state index < -0.39 is 0 Å². The summed E-state index contributed by atoms with van der Waals surface area (Å²) in [5.41, 5.74) is 1.79. The first kappa shape index (κ1) is 13.3. The fraction of sp³-hybridized carbons (Fsp3) is 0.533. The Labute approximate surface area is 114 Å². The number of nitriles is 1. The summed E-state index contributed by atoms with van der Waals surface area (Å²) in [6.45, 7) is 5.38. The molecule has 3 heteroatoms. The molecule has 18 heavy (non-hydrogen) atoms. The molecule has 1 aliphatic carbocycles. The number of nitrogens with one attached hydrogen (secondary N) is 1. The fourth-order valence-electron chi connectivity index (χ4n) is 2.17. The number of benzene rings is 1. The second-order valence-electron chi connectivity index (χ2n) is 4.92. The predicted octanol–water partition coefficient (Wildman–Crippen LogP) is 4.13. The van der Waals surface area contributed by atoms with E-state index in [1.165, 1.54) is 12.8 Å². The largest absolute Gasteiger partial charge is 0.384 e. The Bertz CT molecular complexity index is 446. The molecular weight excluding hydrogens is 240 g/mol.